The van der Waals surface area contributed by atoms with Crippen molar-refractivity contribution < 1.29 is 13.2 Å². The summed E-state index contributed by atoms with van der Waals surface area (Å²) in [7, 11) is -2.13. The molecule has 1 aromatic rings. The van der Waals surface area contributed by atoms with Crippen LogP contribution in [-0.2, 0) is 14.8 Å². The molecule has 0 aromatic heterocycles. The van der Waals surface area contributed by atoms with Crippen molar-refractivity contribution in [1.82, 2.24) is 4.72 Å². The Hall–Kier alpha value is -0.530. The van der Waals surface area contributed by atoms with Crippen LogP contribution < -0.4 is 10.5 Å². The number of nitrogens with one attached hydrogen (secondary N) is 1. The van der Waals surface area contributed by atoms with Crippen LogP contribution >= 0.6 is 23.2 Å². The van der Waals surface area contributed by atoms with Gasteiger partial charge in [0.05, 0.1) is 10.0 Å². The van der Waals surface area contributed by atoms with E-state index >= 15 is 0 Å². The number of methoxy groups -OCH3 is 1. The Morgan fingerprint density at radius 3 is 2.38 bits per heavy atom. The van der Waals surface area contributed by atoms with Gasteiger partial charge in [-0.2, -0.15) is 0 Å². The number of ether oxygens (including phenoxy) is 1. The van der Waals surface area contributed by atoms with Crippen LogP contribution in [0.15, 0.2) is 17.0 Å². The Balaban J connectivity index is 2.13. The highest BCUT2D eigenvalue weighted by molar-refractivity contribution is 7.89. The van der Waals surface area contributed by atoms with Crippen molar-refractivity contribution in [2.24, 2.45) is 5.41 Å². The van der Waals surface area contributed by atoms with Gasteiger partial charge in [-0.3, -0.25) is 0 Å². The Kier molecular flexibility index (Phi) is 5.05. The number of anilines is 1. The molecule has 0 radical (unpaired) electrons. The Morgan fingerprint density at radius 1 is 1.33 bits per heavy atom. The second-order valence-electron chi connectivity index (χ2n) is 5.38. The lowest BCUT2D eigenvalue weighted by molar-refractivity contribution is 0.173. The van der Waals surface area contributed by atoms with Crippen LogP contribution in [0.2, 0.25) is 10.0 Å². The molecule has 0 aliphatic heterocycles. The van der Waals surface area contributed by atoms with Crippen molar-refractivity contribution in [2.75, 3.05) is 26.0 Å². The van der Waals surface area contributed by atoms with Gasteiger partial charge in [-0.05, 0) is 36.8 Å². The first kappa shape index (κ1) is 16.8. The summed E-state index contributed by atoms with van der Waals surface area (Å²) in [5.41, 5.74) is 5.90. The summed E-state index contributed by atoms with van der Waals surface area (Å²) < 4.78 is 32.4. The molecule has 118 valence electrons. The second kappa shape index (κ2) is 6.30. The van der Waals surface area contributed by atoms with E-state index in [2.05, 4.69) is 4.72 Å². The molecule has 0 heterocycles. The SMILES string of the molecule is COCCC1(CNS(=O)(=O)c2c(Cl)cc(N)cc2Cl)CC1. The van der Waals surface area contributed by atoms with Crippen LogP contribution in [-0.4, -0.2) is 28.7 Å². The van der Waals surface area contributed by atoms with Gasteiger partial charge in [0, 0.05) is 25.9 Å². The standard InChI is InChI=1S/C13H18Cl2N2O3S/c1-20-5-4-13(2-3-13)8-17-21(18,19)12-10(14)6-9(16)7-11(12)15/h6-7,17H,2-5,8,16H2,1H3. The van der Waals surface area contributed by atoms with Gasteiger partial charge in [-0.15, -0.1) is 0 Å². The molecular weight excluding hydrogens is 335 g/mol. The molecule has 5 nitrogen and oxygen atoms in total. The molecule has 1 aliphatic carbocycles. The summed E-state index contributed by atoms with van der Waals surface area (Å²) in [5, 5.41) is 0.0449. The molecule has 0 bridgehead atoms. The quantitative estimate of drug-likeness (QED) is 0.739. The molecule has 0 amide bonds. The molecule has 0 spiro atoms. The first-order valence-electron chi connectivity index (χ1n) is 6.53. The van der Waals surface area contributed by atoms with E-state index in [-0.39, 0.29) is 20.4 Å². The summed E-state index contributed by atoms with van der Waals surface area (Å²) in [6.45, 7) is 0.973. The van der Waals surface area contributed by atoms with Crippen molar-refractivity contribution in [3.63, 3.8) is 0 Å². The minimum absolute atomic E-state index is 0.00413. The molecule has 1 fully saturated rings. The molecule has 0 atom stereocenters. The average molecular weight is 353 g/mol. The smallest absolute Gasteiger partial charge is 0.243 e. The van der Waals surface area contributed by atoms with Crippen LogP contribution in [0, 0.1) is 5.41 Å². The molecule has 3 N–H and O–H groups in total. The summed E-state index contributed by atoms with van der Waals surface area (Å²) in [6.07, 6.45) is 2.80. The maximum absolute atomic E-state index is 12.4. The van der Waals surface area contributed by atoms with E-state index in [9.17, 15) is 8.42 Å². The van der Waals surface area contributed by atoms with Gasteiger partial charge in [0.15, 0.2) is 0 Å². The van der Waals surface area contributed by atoms with E-state index in [1.54, 1.807) is 7.11 Å². The zero-order chi connectivity index (χ0) is 15.7. The zero-order valence-corrected chi connectivity index (χ0v) is 14.0. The number of benzene rings is 1. The maximum atomic E-state index is 12.4. The maximum Gasteiger partial charge on any atom is 0.243 e. The lowest BCUT2D eigenvalue weighted by atomic mass is 10.0. The molecule has 1 saturated carbocycles. The fourth-order valence-electron chi connectivity index (χ4n) is 2.17. The number of hydrogen-bond acceptors (Lipinski definition) is 4. The molecule has 1 aliphatic rings. The normalized spacial score (nSPS) is 16.9. The summed E-state index contributed by atoms with van der Waals surface area (Å²) >= 11 is 11.9. The average Bonchev–Trinajstić information content (AvgIpc) is 3.13. The second-order valence-corrected chi connectivity index (χ2v) is 7.90. The minimum Gasteiger partial charge on any atom is -0.399 e. The number of nitrogens with two attached hydrogens (primary N) is 1. The summed E-state index contributed by atoms with van der Waals surface area (Å²) in [5.74, 6) is 0. The molecule has 21 heavy (non-hydrogen) atoms. The van der Waals surface area contributed by atoms with E-state index in [0.717, 1.165) is 19.3 Å². The van der Waals surface area contributed by atoms with Gasteiger partial charge in [0.25, 0.3) is 0 Å². The molecular formula is C13H18Cl2N2O3S. The third-order valence-corrected chi connectivity index (χ3v) is 6.04. The third kappa shape index (κ3) is 4.02. The molecule has 0 saturated heterocycles. The number of nitrogen functional groups attached to an aromatic ring is 1. The van der Waals surface area contributed by atoms with Gasteiger partial charge in [0.1, 0.15) is 4.90 Å². The van der Waals surface area contributed by atoms with E-state index in [1.165, 1.54) is 12.1 Å². The lowest BCUT2D eigenvalue weighted by Crippen LogP contribution is -2.31. The lowest BCUT2D eigenvalue weighted by Gasteiger charge is -2.17. The van der Waals surface area contributed by atoms with E-state index in [4.69, 9.17) is 33.7 Å². The predicted molar refractivity (Wildman–Crippen MR) is 84.2 cm³/mol. The van der Waals surface area contributed by atoms with Crippen LogP contribution in [0.4, 0.5) is 5.69 Å². The van der Waals surface area contributed by atoms with Crippen LogP contribution in [0.5, 0.6) is 0 Å². The van der Waals surface area contributed by atoms with Crippen molar-refractivity contribution in [3.05, 3.63) is 22.2 Å². The van der Waals surface area contributed by atoms with Gasteiger partial charge in [-0.25, -0.2) is 13.1 Å². The Labute approximate surface area is 134 Å². The fourth-order valence-corrected chi connectivity index (χ4v) is 4.55. The molecule has 1 aromatic carbocycles. The molecule has 8 heteroatoms. The minimum atomic E-state index is -3.77. The molecule has 2 rings (SSSR count). The highest BCUT2D eigenvalue weighted by Gasteiger charge is 2.43. The largest absolute Gasteiger partial charge is 0.399 e. The van der Waals surface area contributed by atoms with Gasteiger partial charge < -0.3 is 10.5 Å². The third-order valence-electron chi connectivity index (χ3n) is 3.72. The monoisotopic (exact) mass is 352 g/mol. The highest BCUT2D eigenvalue weighted by atomic mass is 35.5. The zero-order valence-electron chi connectivity index (χ0n) is 11.7. The van der Waals surface area contributed by atoms with Gasteiger partial charge in [0.2, 0.25) is 10.0 Å². The van der Waals surface area contributed by atoms with Crippen LogP contribution in [0.1, 0.15) is 19.3 Å². The Morgan fingerprint density at radius 2 is 1.90 bits per heavy atom. The summed E-state index contributed by atoms with van der Waals surface area (Å²) in [4.78, 5) is -0.123. The topological polar surface area (TPSA) is 81.4 Å². The van der Waals surface area contributed by atoms with Gasteiger partial charge >= 0.3 is 0 Å². The summed E-state index contributed by atoms with van der Waals surface area (Å²) in [6, 6.07) is 2.75. The first-order chi connectivity index (χ1) is 9.80. The van der Waals surface area contributed by atoms with E-state index < -0.39 is 10.0 Å². The highest BCUT2D eigenvalue weighted by Crippen LogP contribution is 2.48. The number of hydrogen-bond donors (Lipinski definition) is 2. The van der Waals surface area contributed by atoms with Crippen molar-refractivity contribution in [2.45, 2.75) is 24.2 Å². The van der Waals surface area contributed by atoms with Crippen molar-refractivity contribution in [1.29, 1.82) is 0 Å². The Bertz CT molecular complexity index is 607. The van der Waals surface area contributed by atoms with Crippen LogP contribution in [0.3, 0.4) is 0 Å². The number of sulfonamides is 1. The van der Waals surface area contributed by atoms with Crippen molar-refractivity contribution >= 4 is 38.9 Å². The van der Waals surface area contributed by atoms with Crippen LogP contribution in [0.25, 0.3) is 0 Å². The number of halogens is 2. The van der Waals surface area contributed by atoms with E-state index in [0.29, 0.717) is 18.8 Å². The van der Waals surface area contributed by atoms with E-state index in [1.807, 2.05) is 0 Å². The predicted octanol–water partition coefficient (Wildman–Crippen LogP) is 2.67. The first-order valence-corrected chi connectivity index (χ1v) is 8.77. The number of rotatable bonds is 7. The fraction of sp³-hybridized carbons (Fsp3) is 0.538. The van der Waals surface area contributed by atoms with Crippen molar-refractivity contribution in [3.8, 4) is 0 Å². The molecule has 0 unspecified atom stereocenters. The van der Waals surface area contributed by atoms with Gasteiger partial charge in [-0.1, -0.05) is 23.2 Å².